The second kappa shape index (κ2) is 16.5. The number of anilines is 2. The Bertz CT molecular complexity index is 2080. The first-order valence-electron chi connectivity index (χ1n) is 18.7. The fourth-order valence-corrected chi connectivity index (χ4v) is 15.9. The van der Waals surface area contributed by atoms with E-state index in [1.807, 2.05) is 53.7 Å². The fourth-order valence-electron chi connectivity index (χ4n) is 7.63. The zero-order valence-electron chi connectivity index (χ0n) is 32.1. The third-order valence-corrected chi connectivity index (χ3v) is 18.1. The summed E-state index contributed by atoms with van der Waals surface area (Å²) in [5.41, 5.74) is 2.19. The number of nitrogens with zero attached hydrogens (tertiary/aromatic N) is 2. The summed E-state index contributed by atoms with van der Waals surface area (Å²) in [6.45, 7) is 11.6. The molecule has 0 atom stereocenters. The van der Waals surface area contributed by atoms with Crippen molar-refractivity contribution in [3.05, 3.63) is 163 Å². The summed E-state index contributed by atoms with van der Waals surface area (Å²) >= 11 is -5.34. The predicted molar refractivity (Wildman–Crippen MR) is 211 cm³/mol. The maximum atomic E-state index is 17.9. The molecule has 0 radical (unpaired) electrons. The van der Waals surface area contributed by atoms with Gasteiger partial charge in [-0.2, -0.15) is 0 Å². The number of carbonyl (C=O) groups excluding carboxylic acids is 2. The van der Waals surface area contributed by atoms with Gasteiger partial charge < -0.3 is 0 Å². The number of halogens is 4. The van der Waals surface area contributed by atoms with Gasteiger partial charge in [-0.1, -0.05) is 0 Å². The number of benzene rings is 4. The molecular formula is C46H46F4N2O2Ti. The molecule has 4 nitrogen and oxygen atoms in total. The Labute approximate surface area is 324 Å². The number of aryl methyl sites for hydroxylation is 2. The third-order valence-electron chi connectivity index (χ3n) is 10.2. The second-order valence-electron chi connectivity index (χ2n) is 15.3. The van der Waals surface area contributed by atoms with Crippen LogP contribution in [-0.4, -0.2) is 24.9 Å². The molecular weight excluding hydrogens is 736 g/mol. The van der Waals surface area contributed by atoms with E-state index >= 15 is 17.6 Å². The van der Waals surface area contributed by atoms with E-state index in [1.165, 1.54) is 21.9 Å². The molecule has 0 N–H and O–H groups in total. The summed E-state index contributed by atoms with van der Waals surface area (Å²) in [6, 6.07) is 18.5. The van der Waals surface area contributed by atoms with Crippen LogP contribution >= 0.6 is 0 Å². The molecule has 0 saturated carbocycles. The Balaban J connectivity index is 1.66. The SMILES string of the molecule is Cc1ccc(C(=O)N(CC(C)C)c2ccc(F)[c]([Ti]([C]3=CC=CC3)([C]3=CC=CC3)[c]3c(F)ccc(N(CC(C)C)C(=O)c4ccc(C)cc4)c3F)c2F)cc1. The van der Waals surface area contributed by atoms with Gasteiger partial charge in [0.2, 0.25) is 0 Å². The molecule has 0 bridgehead atoms. The van der Waals surface area contributed by atoms with Crippen molar-refractivity contribution in [2.45, 2.75) is 54.4 Å². The number of hydrogen-bond acceptors (Lipinski definition) is 2. The molecule has 0 unspecified atom stereocenters. The van der Waals surface area contributed by atoms with Gasteiger partial charge in [-0.05, 0) is 0 Å². The van der Waals surface area contributed by atoms with Crippen LogP contribution < -0.4 is 17.5 Å². The average molecular weight is 783 g/mol. The van der Waals surface area contributed by atoms with Crippen LogP contribution in [0.3, 0.4) is 0 Å². The van der Waals surface area contributed by atoms with E-state index < -0.39 is 59.4 Å². The molecule has 0 spiro atoms. The van der Waals surface area contributed by atoms with Crippen molar-refractivity contribution in [3.8, 4) is 0 Å². The zero-order chi connectivity index (χ0) is 39.6. The molecule has 0 heterocycles. The van der Waals surface area contributed by atoms with Crippen LogP contribution in [-0.2, 0) is 16.6 Å². The molecule has 0 fully saturated rings. The summed E-state index contributed by atoms with van der Waals surface area (Å²) in [4.78, 5) is 30.9. The normalized spacial score (nSPS) is 13.8. The number of rotatable bonds is 12. The van der Waals surface area contributed by atoms with Gasteiger partial charge in [-0.25, -0.2) is 0 Å². The van der Waals surface area contributed by atoms with Gasteiger partial charge in [0.05, 0.1) is 0 Å². The van der Waals surface area contributed by atoms with E-state index in [1.54, 1.807) is 72.8 Å². The number of amides is 2. The molecule has 2 amide bonds. The monoisotopic (exact) mass is 782 g/mol. The molecule has 0 aliphatic heterocycles. The molecule has 4 aromatic rings. The molecule has 6 rings (SSSR count). The van der Waals surface area contributed by atoms with Gasteiger partial charge in [0.25, 0.3) is 0 Å². The van der Waals surface area contributed by atoms with Crippen LogP contribution in [0.5, 0.6) is 0 Å². The minimum atomic E-state index is -5.34. The Morgan fingerprint density at radius 3 is 1.25 bits per heavy atom. The van der Waals surface area contributed by atoms with Crippen LogP contribution in [0.1, 0.15) is 72.4 Å². The molecule has 0 saturated heterocycles. The number of allylic oxidation sites excluding steroid dienone is 8. The first kappa shape index (κ1) is 39.9. The quantitative estimate of drug-likeness (QED) is 0.106. The Morgan fingerprint density at radius 2 is 0.945 bits per heavy atom. The first-order chi connectivity index (χ1) is 26.2. The third kappa shape index (κ3) is 7.72. The molecule has 4 aromatic carbocycles. The summed E-state index contributed by atoms with van der Waals surface area (Å²) in [6.07, 6.45) is 11.0. The average Bonchev–Trinajstić information content (AvgIpc) is 3.89. The summed E-state index contributed by atoms with van der Waals surface area (Å²) in [7, 11) is 0. The molecule has 284 valence electrons. The maximum absolute atomic E-state index is 17.9. The van der Waals surface area contributed by atoms with Crippen LogP contribution in [0.15, 0.2) is 117 Å². The van der Waals surface area contributed by atoms with E-state index in [-0.39, 0.29) is 49.1 Å². The van der Waals surface area contributed by atoms with Crippen molar-refractivity contribution in [1.82, 2.24) is 0 Å². The van der Waals surface area contributed by atoms with Crippen LogP contribution in [0.2, 0.25) is 0 Å². The second-order valence-corrected chi connectivity index (χ2v) is 21.2. The summed E-state index contributed by atoms with van der Waals surface area (Å²) < 4.78 is 70.1. The Hall–Kier alpha value is -4.79. The van der Waals surface area contributed by atoms with E-state index in [4.69, 9.17) is 0 Å². The zero-order valence-corrected chi connectivity index (χ0v) is 33.7. The van der Waals surface area contributed by atoms with E-state index in [2.05, 4.69) is 0 Å². The van der Waals surface area contributed by atoms with E-state index in [0.717, 1.165) is 23.3 Å². The molecule has 2 aliphatic rings. The van der Waals surface area contributed by atoms with Gasteiger partial charge in [-0.15, -0.1) is 0 Å². The fraction of sp³-hybridized carbons (Fsp3) is 0.261. The van der Waals surface area contributed by atoms with Crippen molar-refractivity contribution in [3.63, 3.8) is 0 Å². The van der Waals surface area contributed by atoms with Gasteiger partial charge in [0, 0.05) is 0 Å². The first-order valence-corrected chi connectivity index (χ1v) is 21.8. The summed E-state index contributed by atoms with van der Waals surface area (Å²) in [5, 5.41) is 0. The van der Waals surface area contributed by atoms with Crippen LogP contribution in [0, 0.1) is 49.0 Å². The number of hydrogen-bond donors (Lipinski definition) is 0. The predicted octanol–water partition coefficient (Wildman–Crippen LogP) is 10.3. The van der Waals surface area contributed by atoms with Gasteiger partial charge >= 0.3 is 326 Å². The van der Waals surface area contributed by atoms with Gasteiger partial charge in [-0.3, -0.25) is 0 Å². The summed E-state index contributed by atoms with van der Waals surface area (Å²) in [5.74, 6) is -5.14. The van der Waals surface area contributed by atoms with Crippen LogP contribution in [0.4, 0.5) is 28.9 Å². The molecule has 9 heteroatoms. The van der Waals surface area contributed by atoms with E-state index in [9.17, 15) is 9.59 Å². The molecule has 0 aromatic heterocycles. The standard InChI is InChI=1S/2C18H18F2NO.2C5H5.Ti/c2*1-12(2)11-21(17-9-8-15(19)10-16(17)20)18(22)14-6-4-13(3)5-7-14;2*1-2-4-5-3-1;/h2*4-9,12H,11H2,1-3H3;2*1-3H,4H2;. The Morgan fingerprint density at radius 1 is 0.582 bits per heavy atom. The van der Waals surface area contributed by atoms with Crippen molar-refractivity contribution < 1.29 is 43.7 Å². The molecule has 2 aliphatic carbocycles. The van der Waals surface area contributed by atoms with Gasteiger partial charge in [0.15, 0.2) is 0 Å². The topological polar surface area (TPSA) is 40.6 Å². The minimum absolute atomic E-state index is 0.104. The van der Waals surface area contributed by atoms with Crippen molar-refractivity contribution in [1.29, 1.82) is 0 Å². The Kier molecular flexibility index (Phi) is 12.0. The van der Waals surface area contributed by atoms with E-state index in [0.29, 0.717) is 18.9 Å². The molecule has 55 heavy (non-hydrogen) atoms. The van der Waals surface area contributed by atoms with Crippen molar-refractivity contribution in [2.24, 2.45) is 11.8 Å². The van der Waals surface area contributed by atoms with Crippen molar-refractivity contribution in [2.75, 3.05) is 22.9 Å². The van der Waals surface area contributed by atoms with Crippen molar-refractivity contribution >= 4 is 30.9 Å². The number of carbonyl (C=O) groups is 2. The van der Waals surface area contributed by atoms with Crippen LogP contribution in [0.25, 0.3) is 0 Å². The van der Waals surface area contributed by atoms with Gasteiger partial charge in [0.1, 0.15) is 0 Å².